The van der Waals surface area contributed by atoms with Crippen LogP contribution >= 0.6 is 11.3 Å². The minimum atomic E-state index is -3.70. The minimum Gasteiger partial charge on any atom is -0.310 e. The monoisotopic (exact) mass is 334 g/mol. The molecular formula is C11H18N4O4S2. The van der Waals surface area contributed by atoms with E-state index in [1.807, 2.05) is 6.92 Å². The number of unbranched alkanes of at least 4 members (excludes halogenated alkanes) is 1. The summed E-state index contributed by atoms with van der Waals surface area (Å²) in [6.07, 6.45) is 3.35. The van der Waals surface area contributed by atoms with Gasteiger partial charge in [0, 0.05) is 18.7 Å². The first-order valence-corrected chi connectivity index (χ1v) is 8.94. The van der Waals surface area contributed by atoms with Crippen molar-refractivity contribution in [2.75, 3.05) is 12.0 Å². The molecule has 0 unspecified atom stereocenters. The Bertz CT molecular complexity index is 624. The summed E-state index contributed by atoms with van der Waals surface area (Å²) in [6.45, 7) is 2.44. The highest BCUT2D eigenvalue weighted by Crippen LogP contribution is 2.40. The van der Waals surface area contributed by atoms with Crippen molar-refractivity contribution in [3.05, 3.63) is 16.2 Å². The molecule has 21 heavy (non-hydrogen) atoms. The molecule has 0 spiro atoms. The molecule has 10 heteroatoms. The fourth-order valence-electron chi connectivity index (χ4n) is 2.02. The van der Waals surface area contributed by atoms with Crippen LogP contribution in [0, 0.1) is 10.1 Å². The number of nitrogens with one attached hydrogen (secondary N) is 1. The van der Waals surface area contributed by atoms with Crippen molar-refractivity contribution in [3.8, 4) is 0 Å². The number of sulfonamides is 1. The van der Waals surface area contributed by atoms with Crippen molar-refractivity contribution >= 4 is 32.0 Å². The highest BCUT2D eigenvalue weighted by Gasteiger charge is 2.39. The van der Waals surface area contributed by atoms with E-state index in [9.17, 15) is 18.5 Å². The second kappa shape index (κ2) is 6.26. The van der Waals surface area contributed by atoms with E-state index in [1.54, 1.807) is 0 Å². The van der Waals surface area contributed by atoms with Gasteiger partial charge in [0.15, 0.2) is 5.00 Å². The molecule has 0 radical (unpaired) electrons. The van der Waals surface area contributed by atoms with Gasteiger partial charge in [0.05, 0.1) is 4.92 Å². The summed E-state index contributed by atoms with van der Waals surface area (Å²) in [5.41, 5.74) is 1.88. The summed E-state index contributed by atoms with van der Waals surface area (Å²) in [6, 6.07) is 1.10. The average molecular weight is 334 g/mol. The number of thiophene rings is 1. The molecule has 0 amide bonds. The van der Waals surface area contributed by atoms with Gasteiger partial charge in [-0.15, -0.1) is 0 Å². The summed E-state index contributed by atoms with van der Waals surface area (Å²) < 4.78 is 26.8. The lowest BCUT2D eigenvalue weighted by Gasteiger charge is -2.20. The molecule has 2 rings (SSSR count). The van der Waals surface area contributed by atoms with Gasteiger partial charge in [0.25, 0.3) is 10.0 Å². The van der Waals surface area contributed by atoms with E-state index in [0.717, 1.165) is 43.1 Å². The van der Waals surface area contributed by atoms with Gasteiger partial charge in [-0.3, -0.25) is 10.1 Å². The summed E-state index contributed by atoms with van der Waals surface area (Å²) in [7, 11) is -3.70. The van der Waals surface area contributed by atoms with Crippen molar-refractivity contribution in [3.63, 3.8) is 0 Å². The van der Waals surface area contributed by atoms with Crippen molar-refractivity contribution in [2.24, 2.45) is 5.84 Å². The van der Waals surface area contributed by atoms with Crippen LogP contribution in [0.15, 0.2) is 10.3 Å². The van der Waals surface area contributed by atoms with Crippen LogP contribution in [-0.4, -0.2) is 30.2 Å². The van der Waals surface area contributed by atoms with Crippen molar-refractivity contribution in [2.45, 2.75) is 42.9 Å². The number of nitrogen functional groups attached to an aromatic ring is 1. The van der Waals surface area contributed by atoms with Gasteiger partial charge in [-0.2, -0.15) is 4.31 Å². The molecule has 1 aromatic heterocycles. The first-order valence-electron chi connectivity index (χ1n) is 6.68. The number of anilines is 1. The Labute approximate surface area is 127 Å². The predicted molar refractivity (Wildman–Crippen MR) is 80.6 cm³/mol. The molecule has 0 saturated heterocycles. The number of nitrogens with two attached hydrogens (primary N) is 1. The topological polar surface area (TPSA) is 119 Å². The van der Waals surface area contributed by atoms with E-state index in [-0.39, 0.29) is 20.9 Å². The van der Waals surface area contributed by atoms with Crippen LogP contribution in [0.1, 0.15) is 32.6 Å². The molecule has 1 saturated carbocycles. The third kappa shape index (κ3) is 3.34. The summed E-state index contributed by atoms with van der Waals surface area (Å²) in [5, 5.41) is 11.0. The molecule has 0 atom stereocenters. The molecule has 1 fully saturated rings. The largest absolute Gasteiger partial charge is 0.310 e. The van der Waals surface area contributed by atoms with Crippen molar-refractivity contribution in [1.82, 2.24) is 4.31 Å². The van der Waals surface area contributed by atoms with E-state index in [1.165, 1.54) is 4.31 Å². The van der Waals surface area contributed by atoms with Crippen LogP contribution in [-0.2, 0) is 10.0 Å². The van der Waals surface area contributed by atoms with E-state index in [4.69, 9.17) is 5.84 Å². The smallest absolute Gasteiger partial charge is 0.306 e. The van der Waals surface area contributed by atoms with Gasteiger partial charge >= 0.3 is 5.69 Å². The van der Waals surface area contributed by atoms with Crippen LogP contribution in [0.2, 0.25) is 0 Å². The molecular weight excluding hydrogens is 316 g/mol. The predicted octanol–water partition coefficient (Wildman–Crippen LogP) is 1.90. The number of hydrogen-bond acceptors (Lipinski definition) is 7. The first kappa shape index (κ1) is 16.1. The summed E-state index contributed by atoms with van der Waals surface area (Å²) >= 11 is 0.794. The lowest BCUT2D eigenvalue weighted by Crippen LogP contribution is -2.33. The highest BCUT2D eigenvalue weighted by molar-refractivity contribution is 7.91. The van der Waals surface area contributed by atoms with Crippen LogP contribution in [0.4, 0.5) is 10.7 Å². The fourth-order valence-corrected chi connectivity index (χ4v) is 5.11. The zero-order chi connectivity index (χ0) is 15.6. The second-order valence-corrected chi connectivity index (χ2v) is 8.05. The van der Waals surface area contributed by atoms with Crippen LogP contribution in [0.3, 0.4) is 0 Å². The Kier molecular flexibility index (Phi) is 4.81. The Morgan fingerprint density at radius 1 is 1.57 bits per heavy atom. The minimum absolute atomic E-state index is 0.0250. The maximum atomic E-state index is 12.7. The fraction of sp³-hybridized carbons (Fsp3) is 0.636. The highest BCUT2D eigenvalue weighted by atomic mass is 32.2. The Morgan fingerprint density at radius 3 is 2.67 bits per heavy atom. The Hall–Kier alpha value is -1.23. The quantitative estimate of drug-likeness (QED) is 0.426. The second-order valence-electron chi connectivity index (χ2n) is 4.88. The third-order valence-electron chi connectivity index (χ3n) is 3.27. The van der Waals surface area contributed by atoms with Gasteiger partial charge in [-0.25, -0.2) is 14.3 Å². The molecule has 0 aromatic carbocycles. The number of rotatable bonds is 8. The molecule has 1 aliphatic rings. The third-order valence-corrected chi connectivity index (χ3v) is 6.72. The molecule has 0 aliphatic heterocycles. The number of nitrogens with zero attached hydrogens (tertiary/aromatic N) is 2. The standard InChI is InChI=1S/C11H18N4O4S2/c1-2-3-6-14(8-4-5-8)21(18,19)10-7-9(15(16)17)11(13-12)20-10/h7-8,13H,2-6,12H2,1H3. The van der Waals surface area contributed by atoms with Gasteiger partial charge in [0.1, 0.15) is 4.21 Å². The lowest BCUT2D eigenvalue weighted by molar-refractivity contribution is -0.383. The van der Waals surface area contributed by atoms with E-state index >= 15 is 0 Å². The zero-order valence-electron chi connectivity index (χ0n) is 11.6. The van der Waals surface area contributed by atoms with Crippen LogP contribution in [0.25, 0.3) is 0 Å². The van der Waals surface area contributed by atoms with Gasteiger partial charge in [-0.1, -0.05) is 24.7 Å². The normalized spacial score (nSPS) is 15.4. The first-order chi connectivity index (χ1) is 9.91. The molecule has 118 valence electrons. The van der Waals surface area contributed by atoms with Crippen molar-refractivity contribution < 1.29 is 13.3 Å². The summed E-state index contributed by atoms with van der Waals surface area (Å²) in [4.78, 5) is 10.3. The van der Waals surface area contributed by atoms with E-state index in [0.29, 0.717) is 6.54 Å². The zero-order valence-corrected chi connectivity index (χ0v) is 13.2. The van der Waals surface area contributed by atoms with E-state index < -0.39 is 14.9 Å². The maximum absolute atomic E-state index is 12.7. The Balaban J connectivity index is 2.35. The molecule has 3 N–H and O–H groups in total. The Morgan fingerprint density at radius 2 is 2.24 bits per heavy atom. The number of hydrazine groups is 1. The summed E-state index contributed by atoms with van der Waals surface area (Å²) in [5.74, 6) is 5.22. The molecule has 0 bridgehead atoms. The lowest BCUT2D eigenvalue weighted by atomic mass is 10.3. The molecule has 8 nitrogen and oxygen atoms in total. The van der Waals surface area contributed by atoms with Crippen LogP contribution in [0.5, 0.6) is 0 Å². The van der Waals surface area contributed by atoms with E-state index in [2.05, 4.69) is 5.43 Å². The molecule has 1 aliphatic carbocycles. The number of nitro groups is 1. The average Bonchev–Trinajstić information content (AvgIpc) is 3.15. The maximum Gasteiger partial charge on any atom is 0.306 e. The van der Waals surface area contributed by atoms with Crippen molar-refractivity contribution in [1.29, 1.82) is 0 Å². The van der Waals surface area contributed by atoms with Crippen LogP contribution < -0.4 is 11.3 Å². The SMILES string of the molecule is CCCCN(C1CC1)S(=O)(=O)c1cc([N+](=O)[O-])c(NN)s1. The van der Waals surface area contributed by atoms with Gasteiger partial charge < -0.3 is 5.43 Å². The molecule has 1 aromatic rings. The number of hydrogen-bond donors (Lipinski definition) is 2. The van der Waals surface area contributed by atoms with Gasteiger partial charge in [-0.05, 0) is 19.3 Å². The van der Waals surface area contributed by atoms with Gasteiger partial charge in [0.2, 0.25) is 0 Å². The molecule has 1 heterocycles.